The molecule has 0 aliphatic carbocycles. The number of benzene rings is 2. The van der Waals surface area contributed by atoms with E-state index in [-0.39, 0.29) is 23.2 Å². The molecular formula is C22H28ClN3O4S. The molecule has 168 valence electrons. The number of nitrogens with zero attached hydrogens (tertiary/aromatic N) is 1. The van der Waals surface area contributed by atoms with E-state index in [1.54, 1.807) is 31.2 Å². The van der Waals surface area contributed by atoms with Crippen molar-refractivity contribution in [2.24, 2.45) is 5.16 Å². The van der Waals surface area contributed by atoms with Crippen molar-refractivity contribution in [3.8, 4) is 0 Å². The highest BCUT2D eigenvalue weighted by atomic mass is 35.5. The lowest BCUT2D eigenvalue weighted by molar-refractivity contribution is 0.256. The Morgan fingerprint density at radius 2 is 1.68 bits per heavy atom. The molecule has 0 bridgehead atoms. The zero-order valence-electron chi connectivity index (χ0n) is 18.2. The molecule has 0 unspecified atom stereocenters. The zero-order chi connectivity index (χ0) is 23.3. The van der Waals surface area contributed by atoms with Crippen molar-refractivity contribution < 1.29 is 18.4 Å². The molecule has 0 saturated heterocycles. The van der Waals surface area contributed by atoms with E-state index in [2.05, 4.69) is 15.2 Å². The third kappa shape index (κ3) is 6.45. The second kappa shape index (κ2) is 10.2. The third-order valence-electron chi connectivity index (χ3n) is 4.71. The SMILES string of the molecule is C/C(Cc1cccc(S(=O)(=O)NC(=O)Nc2c(C(C)C)cc(Cl)cc2C(C)C)c1)=N\O. The van der Waals surface area contributed by atoms with Gasteiger partial charge in [-0.25, -0.2) is 17.9 Å². The maximum absolute atomic E-state index is 12.8. The quantitative estimate of drug-likeness (QED) is 0.285. The van der Waals surface area contributed by atoms with Crippen LogP contribution in [0.2, 0.25) is 5.02 Å². The number of hydrogen-bond donors (Lipinski definition) is 3. The number of hydrogen-bond acceptors (Lipinski definition) is 5. The van der Waals surface area contributed by atoms with Gasteiger partial charge in [-0.05, 0) is 59.7 Å². The normalized spacial score (nSPS) is 12.3. The van der Waals surface area contributed by atoms with Crippen LogP contribution in [0.1, 0.15) is 63.1 Å². The molecule has 9 heteroatoms. The molecule has 0 spiro atoms. The number of rotatable bonds is 7. The molecule has 0 radical (unpaired) electrons. The van der Waals surface area contributed by atoms with E-state index in [4.69, 9.17) is 16.8 Å². The zero-order valence-corrected chi connectivity index (χ0v) is 19.8. The first-order valence-corrected chi connectivity index (χ1v) is 11.7. The summed E-state index contributed by atoms with van der Waals surface area (Å²) in [5.74, 6) is 0.132. The molecule has 0 saturated carbocycles. The number of carbonyl (C=O) groups is 1. The number of halogens is 1. The summed E-state index contributed by atoms with van der Waals surface area (Å²) in [7, 11) is -4.11. The van der Waals surface area contributed by atoms with E-state index in [1.807, 2.05) is 27.7 Å². The van der Waals surface area contributed by atoms with Gasteiger partial charge in [0.2, 0.25) is 0 Å². The summed E-state index contributed by atoms with van der Waals surface area (Å²) in [6, 6.07) is 8.81. The number of urea groups is 1. The van der Waals surface area contributed by atoms with Crippen LogP contribution in [-0.4, -0.2) is 25.4 Å². The number of sulfonamides is 1. The average molecular weight is 466 g/mol. The number of oxime groups is 1. The first-order valence-electron chi connectivity index (χ1n) is 9.88. The fourth-order valence-electron chi connectivity index (χ4n) is 3.18. The van der Waals surface area contributed by atoms with Crippen molar-refractivity contribution in [2.75, 3.05) is 5.32 Å². The minimum Gasteiger partial charge on any atom is -0.411 e. The summed E-state index contributed by atoms with van der Waals surface area (Å²) in [6.45, 7) is 9.51. The Kier molecular flexibility index (Phi) is 8.08. The Morgan fingerprint density at radius 1 is 1.10 bits per heavy atom. The second-order valence-corrected chi connectivity index (χ2v) is 10.1. The number of anilines is 1. The van der Waals surface area contributed by atoms with Gasteiger partial charge in [0, 0.05) is 17.1 Å². The molecule has 0 aliphatic rings. The Hall–Kier alpha value is -2.58. The summed E-state index contributed by atoms with van der Waals surface area (Å²) in [4.78, 5) is 12.6. The molecule has 0 atom stereocenters. The molecule has 0 fully saturated rings. The maximum atomic E-state index is 12.8. The summed E-state index contributed by atoms with van der Waals surface area (Å²) in [5, 5.41) is 15.2. The van der Waals surface area contributed by atoms with Crippen LogP contribution in [0.3, 0.4) is 0 Å². The van der Waals surface area contributed by atoms with E-state index < -0.39 is 16.1 Å². The van der Waals surface area contributed by atoms with Gasteiger partial charge in [-0.1, -0.05) is 56.6 Å². The predicted molar refractivity (Wildman–Crippen MR) is 124 cm³/mol. The fourth-order valence-corrected chi connectivity index (χ4v) is 4.39. The first kappa shape index (κ1) is 24.7. The fraction of sp³-hybridized carbons (Fsp3) is 0.364. The van der Waals surface area contributed by atoms with Gasteiger partial charge < -0.3 is 10.5 Å². The second-order valence-electron chi connectivity index (χ2n) is 7.99. The van der Waals surface area contributed by atoms with Crippen LogP contribution < -0.4 is 10.0 Å². The van der Waals surface area contributed by atoms with E-state index in [0.717, 1.165) is 11.1 Å². The minimum atomic E-state index is -4.11. The molecule has 7 nitrogen and oxygen atoms in total. The molecule has 2 rings (SSSR count). The van der Waals surface area contributed by atoms with Crippen molar-refractivity contribution in [2.45, 2.75) is 57.8 Å². The molecule has 2 amide bonds. The number of nitrogens with one attached hydrogen (secondary N) is 2. The van der Waals surface area contributed by atoms with E-state index >= 15 is 0 Å². The Bertz CT molecular complexity index is 1070. The summed E-state index contributed by atoms with van der Waals surface area (Å²) >= 11 is 6.25. The van der Waals surface area contributed by atoms with Crippen LogP contribution in [0, 0.1) is 0 Å². The Labute approximate surface area is 188 Å². The van der Waals surface area contributed by atoms with Gasteiger partial charge in [0.1, 0.15) is 0 Å². The van der Waals surface area contributed by atoms with Gasteiger partial charge in [-0.2, -0.15) is 0 Å². The molecular weight excluding hydrogens is 438 g/mol. The average Bonchev–Trinajstić information content (AvgIpc) is 2.68. The third-order valence-corrected chi connectivity index (χ3v) is 6.26. The molecule has 0 aliphatic heterocycles. The van der Waals surface area contributed by atoms with Gasteiger partial charge in [-0.15, -0.1) is 0 Å². The summed E-state index contributed by atoms with van der Waals surface area (Å²) in [5.41, 5.74) is 3.28. The Morgan fingerprint density at radius 3 is 2.19 bits per heavy atom. The topological polar surface area (TPSA) is 108 Å². The highest BCUT2D eigenvalue weighted by molar-refractivity contribution is 7.90. The number of amides is 2. The highest BCUT2D eigenvalue weighted by Gasteiger charge is 2.22. The molecule has 0 aromatic heterocycles. The minimum absolute atomic E-state index is 0.0600. The maximum Gasteiger partial charge on any atom is 0.333 e. The van der Waals surface area contributed by atoms with Crippen LogP contribution in [0.5, 0.6) is 0 Å². The van der Waals surface area contributed by atoms with E-state index in [0.29, 0.717) is 22.0 Å². The number of carbonyl (C=O) groups excluding carboxylic acids is 1. The lowest BCUT2D eigenvalue weighted by Crippen LogP contribution is -2.35. The standard InChI is InChI=1S/C22H28ClN3O4S/c1-13(2)19-11-17(23)12-20(14(3)4)21(19)24-22(27)26-31(29,30)18-8-6-7-16(10-18)9-15(5)25-28/h6-8,10-14,28H,9H2,1-5H3,(H2,24,26,27)/b25-15+. The highest BCUT2D eigenvalue weighted by Crippen LogP contribution is 2.35. The van der Waals surface area contributed by atoms with Crippen molar-refractivity contribution in [1.82, 2.24) is 4.72 Å². The summed E-state index contributed by atoms with van der Waals surface area (Å²) in [6.07, 6.45) is 0.284. The molecule has 2 aromatic rings. The lowest BCUT2D eigenvalue weighted by atomic mass is 9.92. The van der Waals surface area contributed by atoms with Gasteiger partial charge >= 0.3 is 6.03 Å². The predicted octanol–water partition coefficient (Wildman–Crippen LogP) is 5.49. The van der Waals surface area contributed by atoms with E-state index in [9.17, 15) is 13.2 Å². The molecule has 2 aromatic carbocycles. The Balaban J connectivity index is 2.31. The molecule has 31 heavy (non-hydrogen) atoms. The largest absolute Gasteiger partial charge is 0.411 e. The van der Waals surface area contributed by atoms with Crippen LogP contribution >= 0.6 is 11.6 Å². The van der Waals surface area contributed by atoms with Crippen molar-refractivity contribution >= 4 is 39.1 Å². The monoisotopic (exact) mass is 465 g/mol. The van der Waals surface area contributed by atoms with Gasteiger partial charge in [0.15, 0.2) is 0 Å². The van der Waals surface area contributed by atoms with Crippen molar-refractivity contribution in [1.29, 1.82) is 0 Å². The van der Waals surface area contributed by atoms with Gasteiger partial charge in [0.05, 0.1) is 10.6 Å². The van der Waals surface area contributed by atoms with Crippen LogP contribution in [0.4, 0.5) is 10.5 Å². The van der Waals surface area contributed by atoms with Gasteiger partial charge in [0.25, 0.3) is 10.0 Å². The molecule has 3 N–H and O–H groups in total. The van der Waals surface area contributed by atoms with Crippen LogP contribution in [0.15, 0.2) is 46.4 Å². The van der Waals surface area contributed by atoms with Crippen LogP contribution in [0.25, 0.3) is 0 Å². The van der Waals surface area contributed by atoms with Crippen molar-refractivity contribution in [3.63, 3.8) is 0 Å². The van der Waals surface area contributed by atoms with Gasteiger partial charge in [-0.3, -0.25) is 0 Å². The van der Waals surface area contributed by atoms with E-state index in [1.165, 1.54) is 12.1 Å². The first-order chi connectivity index (χ1) is 14.4. The summed E-state index contributed by atoms with van der Waals surface area (Å²) < 4.78 is 27.6. The van der Waals surface area contributed by atoms with Crippen LogP contribution in [-0.2, 0) is 16.4 Å². The molecule has 0 heterocycles. The van der Waals surface area contributed by atoms with Crippen molar-refractivity contribution in [3.05, 3.63) is 58.1 Å². The smallest absolute Gasteiger partial charge is 0.333 e. The lowest BCUT2D eigenvalue weighted by Gasteiger charge is -2.21.